The van der Waals surface area contributed by atoms with Crippen LogP contribution in [0.3, 0.4) is 0 Å². The first-order valence-corrected chi connectivity index (χ1v) is 13.5. The molecule has 2 heterocycles. The van der Waals surface area contributed by atoms with E-state index in [2.05, 4.69) is 16.0 Å². The van der Waals surface area contributed by atoms with Gasteiger partial charge in [-0.05, 0) is 74.4 Å². The maximum atomic E-state index is 13.9. The Morgan fingerprint density at radius 3 is 2.35 bits per heavy atom. The van der Waals surface area contributed by atoms with E-state index in [9.17, 15) is 28.5 Å². The predicted octanol–water partition coefficient (Wildman–Crippen LogP) is 5.42. The molecule has 2 fully saturated rings. The number of hydrogen-bond donors (Lipinski definition) is 0. The highest BCUT2D eigenvalue weighted by Crippen LogP contribution is 2.44. The molecule has 2 aliphatic carbocycles. The zero-order valence-corrected chi connectivity index (χ0v) is 22.8. The van der Waals surface area contributed by atoms with E-state index in [1.165, 1.54) is 16.7 Å². The van der Waals surface area contributed by atoms with Crippen LogP contribution in [0.5, 0.6) is 0 Å². The topological polar surface area (TPSA) is 89.0 Å². The Bertz CT molecular complexity index is 1590. The molecule has 10 heteroatoms. The number of anilines is 2. The molecule has 1 aromatic carbocycles. The normalized spacial score (nSPS) is 20.4. The van der Waals surface area contributed by atoms with Gasteiger partial charge in [0.05, 0.1) is 11.2 Å². The first kappa shape index (κ1) is 27.5. The fourth-order valence-corrected chi connectivity index (χ4v) is 6.42. The van der Waals surface area contributed by atoms with E-state index in [1.807, 2.05) is 24.9 Å². The zero-order chi connectivity index (χ0) is 28.8. The summed E-state index contributed by atoms with van der Waals surface area (Å²) in [6.45, 7) is 2.33. The molecule has 0 atom stereocenters. The number of nitriles is 2. The average molecular weight is 549 g/mol. The van der Waals surface area contributed by atoms with Crippen molar-refractivity contribution >= 4 is 22.4 Å². The molecular weight excluding hydrogens is 517 g/mol. The van der Waals surface area contributed by atoms with Crippen molar-refractivity contribution in [1.29, 1.82) is 10.5 Å². The van der Waals surface area contributed by atoms with Crippen molar-refractivity contribution in [2.45, 2.75) is 63.5 Å². The molecule has 0 saturated heterocycles. The number of pyridine rings is 2. The summed E-state index contributed by atoms with van der Waals surface area (Å²) in [6, 6.07) is 12.0. The maximum Gasteiger partial charge on any atom is 0.270 e. The lowest BCUT2D eigenvalue weighted by Gasteiger charge is -2.45. The second kappa shape index (κ2) is 10.5. The fraction of sp³-hybridized carbons (Fsp3) is 0.467. The van der Waals surface area contributed by atoms with Crippen LogP contribution in [0.4, 0.5) is 24.5 Å². The minimum atomic E-state index is -2.61. The van der Waals surface area contributed by atoms with Gasteiger partial charge in [-0.2, -0.15) is 10.5 Å². The molecule has 0 aliphatic heterocycles. The van der Waals surface area contributed by atoms with Crippen molar-refractivity contribution in [2.75, 3.05) is 23.4 Å². The van der Waals surface area contributed by atoms with E-state index in [4.69, 9.17) is 0 Å². The summed E-state index contributed by atoms with van der Waals surface area (Å²) < 4.78 is 42.6. The second-order valence-electron chi connectivity index (χ2n) is 11.2. The number of halogens is 3. The first-order chi connectivity index (χ1) is 19.0. The molecule has 5 rings (SSSR count). The van der Waals surface area contributed by atoms with E-state index in [0.29, 0.717) is 23.3 Å². The number of aromatic nitrogens is 2. The first-order valence-electron chi connectivity index (χ1n) is 13.5. The summed E-state index contributed by atoms with van der Waals surface area (Å²) >= 11 is 0. The van der Waals surface area contributed by atoms with E-state index in [1.54, 1.807) is 25.2 Å². The minimum Gasteiger partial charge on any atom is -0.369 e. The zero-order valence-electron chi connectivity index (χ0n) is 22.8. The maximum absolute atomic E-state index is 13.9. The quantitative estimate of drug-likeness (QED) is 0.409. The van der Waals surface area contributed by atoms with Crippen LogP contribution in [0.2, 0.25) is 0 Å². The third-order valence-corrected chi connectivity index (χ3v) is 8.55. The Labute approximate surface area is 231 Å². The Morgan fingerprint density at radius 2 is 1.75 bits per heavy atom. The van der Waals surface area contributed by atoms with Crippen LogP contribution in [-0.4, -0.2) is 41.1 Å². The van der Waals surface area contributed by atoms with Crippen molar-refractivity contribution in [1.82, 2.24) is 9.55 Å². The summed E-state index contributed by atoms with van der Waals surface area (Å²) in [6.07, 6.45) is 2.72. The smallest absolute Gasteiger partial charge is 0.270 e. The van der Waals surface area contributed by atoms with Crippen molar-refractivity contribution in [3.05, 3.63) is 63.3 Å². The second-order valence-corrected chi connectivity index (χ2v) is 11.2. The largest absolute Gasteiger partial charge is 0.369 e. The molecular formula is C30H31F3N6O. The molecule has 0 unspecified atom stereocenters. The van der Waals surface area contributed by atoms with Gasteiger partial charge < -0.3 is 14.4 Å². The van der Waals surface area contributed by atoms with Gasteiger partial charge in [0.25, 0.3) is 5.56 Å². The lowest BCUT2D eigenvalue weighted by molar-refractivity contribution is -0.107. The molecule has 2 aliphatic rings. The van der Waals surface area contributed by atoms with Crippen LogP contribution in [-0.2, 0) is 7.05 Å². The minimum absolute atomic E-state index is 0.00426. The van der Waals surface area contributed by atoms with Crippen LogP contribution >= 0.6 is 0 Å². The highest BCUT2D eigenvalue weighted by molar-refractivity contribution is 5.92. The lowest BCUT2D eigenvalue weighted by atomic mass is 9.80. The van der Waals surface area contributed by atoms with Gasteiger partial charge in [0.15, 0.2) is 0 Å². The third kappa shape index (κ3) is 4.99. The number of aryl methyl sites for hydroxylation is 2. The summed E-state index contributed by atoms with van der Waals surface area (Å²) in [4.78, 5) is 21.6. The molecule has 0 spiro atoms. The Balaban J connectivity index is 1.42. The van der Waals surface area contributed by atoms with Crippen molar-refractivity contribution in [3.63, 3.8) is 0 Å². The van der Waals surface area contributed by atoms with E-state index >= 15 is 0 Å². The Morgan fingerprint density at radius 1 is 1.07 bits per heavy atom. The van der Waals surface area contributed by atoms with Gasteiger partial charge in [0.1, 0.15) is 34.7 Å². The fourth-order valence-electron chi connectivity index (χ4n) is 6.42. The summed E-state index contributed by atoms with van der Waals surface area (Å²) in [5.41, 5.74) is 2.78. The van der Waals surface area contributed by atoms with E-state index < -0.39 is 11.5 Å². The number of fused-ring (bicyclic) bond motifs is 1. The lowest BCUT2D eigenvalue weighted by Crippen LogP contribution is -2.49. The molecule has 0 bridgehead atoms. The summed E-state index contributed by atoms with van der Waals surface area (Å²) in [5, 5.41) is 19.3. The molecule has 0 radical (unpaired) electrons. The van der Waals surface area contributed by atoms with Crippen molar-refractivity contribution in [2.24, 2.45) is 13.0 Å². The molecule has 0 amide bonds. The summed E-state index contributed by atoms with van der Waals surface area (Å²) in [7, 11) is 3.43. The molecule has 3 aromatic rings. The van der Waals surface area contributed by atoms with E-state index in [0.717, 1.165) is 36.9 Å². The molecule has 7 nitrogen and oxygen atoms in total. The third-order valence-electron chi connectivity index (χ3n) is 8.55. The van der Waals surface area contributed by atoms with Crippen LogP contribution in [0.15, 0.2) is 35.1 Å². The van der Waals surface area contributed by atoms with Gasteiger partial charge >= 0.3 is 0 Å². The van der Waals surface area contributed by atoms with Gasteiger partial charge in [-0.3, -0.25) is 4.79 Å². The SMILES string of the molecule is Cc1cc(F)ccc1N(CC1CC(F)(F)C1)[C@H]1CC[C@H](N(C)c2c(C#N)c(=O)n(C)c3ccc(C#N)nc23)CC1. The number of hydrogen-bond acceptors (Lipinski definition) is 6. The van der Waals surface area contributed by atoms with Crippen molar-refractivity contribution in [3.8, 4) is 12.1 Å². The predicted molar refractivity (Wildman–Crippen MR) is 147 cm³/mol. The Hall–Kier alpha value is -4.05. The van der Waals surface area contributed by atoms with E-state index in [-0.39, 0.29) is 47.9 Å². The van der Waals surface area contributed by atoms with Crippen LogP contribution < -0.4 is 15.4 Å². The molecule has 208 valence electrons. The van der Waals surface area contributed by atoms with Crippen LogP contribution in [0.1, 0.15) is 55.3 Å². The van der Waals surface area contributed by atoms with Crippen molar-refractivity contribution < 1.29 is 13.2 Å². The molecule has 2 saturated carbocycles. The van der Waals surface area contributed by atoms with Gasteiger partial charge in [-0.1, -0.05) is 0 Å². The number of rotatable bonds is 6. The van der Waals surface area contributed by atoms with Crippen LogP contribution in [0.25, 0.3) is 11.0 Å². The highest BCUT2D eigenvalue weighted by atomic mass is 19.3. The number of alkyl halides is 2. The summed E-state index contributed by atoms with van der Waals surface area (Å²) in [5.74, 6) is -3.06. The number of benzene rings is 1. The van der Waals surface area contributed by atoms with Gasteiger partial charge in [-0.25, -0.2) is 18.2 Å². The molecule has 0 N–H and O–H groups in total. The number of nitrogens with zero attached hydrogens (tertiary/aromatic N) is 6. The molecule has 2 aromatic heterocycles. The monoisotopic (exact) mass is 548 g/mol. The standard InChI is InChI=1S/C30H31F3N6O/c1-18-12-20(31)4-10-25(18)39(17-19-13-30(32,33)14-19)23-8-6-22(7-9-23)37(2)28-24(16-35)29(40)38(3)26-11-5-21(15-34)36-27(26)28/h4-5,10-12,19,22-23H,6-9,13-14,17H2,1-3H3/t22-,23-. The van der Waals surface area contributed by atoms with Gasteiger partial charge in [0, 0.05) is 51.3 Å². The van der Waals surface area contributed by atoms with Gasteiger partial charge in [0.2, 0.25) is 5.92 Å². The average Bonchev–Trinajstić information content (AvgIpc) is 2.92. The Kier molecular flexibility index (Phi) is 7.22. The highest BCUT2D eigenvalue weighted by Gasteiger charge is 2.46. The van der Waals surface area contributed by atoms with Gasteiger partial charge in [-0.15, -0.1) is 0 Å². The van der Waals surface area contributed by atoms with Crippen LogP contribution in [0, 0.1) is 41.3 Å². The molecule has 40 heavy (non-hydrogen) atoms.